The SMILES string of the molecule is C=Nc1c(N(C)C)n(Cc2ccccc2)c(=O)n(CCC)c1=O. The molecule has 0 bridgehead atoms. The first-order valence-corrected chi connectivity index (χ1v) is 7.56. The van der Waals surface area contributed by atoms with Crippen molar-refractivity contribution in [3.63, 3.8) is 0 Å². The maximum Gasteiger partial charge on any atom is 0.332 e. The summed E-state index contributed by atoms with van der Waals surface area (Å²) in [5, 5.41) is 0. The quantitative estimate of drug-likeness (QED) is 0.765. The minimum absolute atomic E-state index is 0.207. The normalized spacial score (nSPS) is 10.6. The maximum atomic E-state index is 12.8. The van der Waals surface area contributed by atoms with E-state index < -0.39 is 0 Å². The Hall–Kier alpha value is -2.63. The molecule has 1 heterocycles. The van der Waals surface area contributed by atoms with Crippen molar-refractivity contribution in [2.45, 2.75) is 26.4 Å². The molecule has 0 saturated carbocycles. The number of hydrogen-bond donors (Lipinski definition) is 0. The third kappa shape index (κ3) is 3.26. The molecular weight excluding hydrogens is 292 g/mol. The van der Waals surface area contributed by atoms with E-state index in [0.29, 0.717) is 25.3 Å². The van der Waals surface area contributed by atoms with Crippen LogP contribution in [0.25, 0.3) is 0 Å². The minimum atomic E-state index is -0.389. The number of hydrogen-bond acceptors (Lipinski definition) is 4. The van der Waals surface area contributed by atoms with Crippen LogP contribution in [0, 0.1) is 0 Å². The van der Waals surface area contributed by atoms with Crippen LogP contribution in [0.2, 0.25) is 0 Å². The zero-order chi connectivity index (χ0) is 17.0. The van der Waals surface area contributed by atoms with Crippen molar-refractivity contribution >= 4 is 18.2 Å². The maximum absolute atomic E-state index is 12.8. The Morgan fingerprint density at radius 1 is 1.13 bits per heavy atom. The Balaban J connectivity index is 2.76. The summed E-state index contributed by atoms with van der Waals surface area (Å²) >= 11 is 0. The molecule has 0 fully saturated rings. The van der Waals surface area contributed by atoms with Crippen LogP contribution in [-0.4, -0.2) is 29.9 Å². The Kier molecular flexibility index (Phi) is 5.16. The lowest BCUT2D eigenvalue weighted by atomic mass is 10.2. The molecule has 1 aromatic carbocycles. The second kappa shape index (κ2) is 7.09. The number of aliphatic imine (C=N–C) groups is 1. The van der Waals surface area contributed by atoms with Crippen LogP contribution in [0.5, 0.6) is 0 Å². The van der Waals surface area contributed by atoms with E-state index in [0.717, 1.165) is 5.56 Å². The van der Waals surface area contributed by atoms with Crippen molar-refractivity contribution in [1.29, 1.82) is 0 Å². The average Bonchev–Trinajstić information content (AvgIpc) is 2.54. The van der Waals surface area contributed by atoms with E-state index in [1.165, 1.54) is 4.57 Å². The Morgan fingerprint density at radius 3 is 2.30 bits per heavy atom. The van der Waals surface area contributed by atoms with Crippen LogP contribution >= 0.6 is 0 Å². The second-order valence-electron chi connectivity index (χ2n) is 5.54. The molecule has 2 aromatic rings. The molecule has 1 aromatic heterocycles. The van der Waals surface area contributed by atoms with E-state index in [9.17, 15) is 9.59 Å². The molecule has 0 amide bonds. The van der Waals surface area contributed by atoms with Gasteiger partial charge >= 0.3 is 5.69 Å². The fourth-order valence-electron chi connectivity index (χ4n) is 2.60. The molecule has 0 aliphatic rings. The summed E-state index contributed by atoms with van der Waals surface area (Å²) in [5.41, 5.74) is 0.477. The molecule has 0 unspecified atom stereocenters. The second-order valence-corrected chi connectivity index (χ2v) is 5.54. The highest BCUT2D eigenvalue weighted by Crippen LogP contribution is 2.22. The lowest BCUT2D eigenvalue weighted by Gasteiger charge is -2.22. The first kappa shape index (κ1) is 16.7. The van der Waals surface area contributed by atoms with Gasteiger partial charge in [-0.15, -0.1) is 0 Å². The lowest BCUT2D eigenvalue weighted by molar-refractivity contribution is 0.566. The van der Waals surface area contributed by atoms with E-state index in [1.807, 2.05) is 37.3 Å². The Bertz CT molecular complexity index is 804. The molecule has 6 heteroatoms. The van der Waals surface area contributed by atoms with Gasteiger partial charge in [0.15, 0.2) is 5.69 Å². The summed E-state index contributed by atoms with van der Waals surface area (Å²) in [7, 11) is 3.57. The third-order valence-electron chi connectivity index (χ3n) is 3.59. The summed E-state index contributed by atoms with van der Waals surface area (Å²) in [6, 6.07) is 9.66. The van der Waals surface area contributed by atoms with E-state index in [2.05, 4.69) is 11.7 Å². The van der Waals surface area contributed by atoms with Gasteiger partial charge in [0.25, 0.3) is 5.56 Å². The van der Waals surface area contributed by atoms with Crippen LogP contribution in [0.4, 0.5) is 11.5 Å². The molecule has 23 heavy (non-hydrogen) atoms. The van der Waals surface area contributed by atoms with Crippen LogP contribution in [0.1, 0.15) is 18.9 Å². The molecule has 0 radical (unpaired) electrons. The van der Waals surface area contributed by atoms with Crippen molar-refractivity contribution in [2.24, 2.45) is 4.99 Å². The molecule has 0 N–H and O–H groups in total. The molecule has 0 aliphatic heterocycles. The molecule has 2 rings (SSSR count). The predicted octanol–water partition coefficient (Wildman–Crippen LogP) is 1.87. The summed E-state index contributed by atoms with van der Waals surface area (Å²) in [4.78, 5) is 31.0. The van der Waals surface area contributed by atoms with Crippen molar-refractivity contribution < 1.29 is 0 Å². The smallest absolute Gasteiger partial charge is 0.332 e. The molecule has 0 saturated heterocycles. The zero-order valence-electron chi connectivity index (χ0n) is 13.8. The fourth-order valence-corrected chi connectivity index (χ4v) is 2.60. The van der Waals surface area contributed by atoms with E-state index in [1.54, 1.807) is 23.6 Å². The van der Waals surface area contributed by atoms with E-state index >= 15 is 0 Å². The summed E-state index contributed by atoms with van der Waals surface area (Å²) in [6.45, 7) is 6.17. The first-order chi connectivity index (χ1) is 11.0. The van der Waals surface area contributed by atoms with E-state index in [4.69, 9.17) is 0 Å². The number of rotatable bonds is 6. The Labute approximate surface area is 135 Å². The van der Waals surface area contributed by atoms with Crippen molar-refractivity contribution in [2.75, 3.05) is 19.0 Å². The summed E-state index contributed by atoms with van der Waals surface area (Å²) in [5.74, 6) is 0.478. The van der Waals surface area contributed by atoms with Crippen LogP contribution in [0.3, 0.4) is 0 Å². The standard InChI is InChI=1S/C17H22N4O2/c1-5-11-20-16(22)14(18-2)15(19(3)4)21(17(20)23)12-13-9-7-6-8-10-13/h6-10H,2,5,11-12H2,1,3-4H3. The minimum Gasteiger partial charge on any atom is -0.362 e. The Morgan fingerprint density at radius 2 is 1.78 bits per heavy atom. The van der Waals surface area contributed by atoms with Gasteiger partial charge in [0.2, 0.25) is 0 Å². The molecule has 0 aliphatic carbocycles. The van der Waals surface area contributed by atoms with Crippen molar-refractivity contribution in [3.8, 4) is 0 Å². The predicted molar refractivity (Wildman–Crippen MR) is 94.3 cm³/mol. The topological polar surface area (TPSA) is 59.6 Å². The van der Waals surface area contributed by atoms with Crippen LogP contribution < -0.4 is 16.1 Å². The van der Waals surface area contributed by atoms with Gasteiger partial charge < -0.3 is 4.90 Å². The highest BCUT2D eigenvalue weighted by atomic mass is 16.2. The van der Waals surface area contributed by atoms with Gasteiger partial charge in [-0.1, -0.05) is 37.3 Å². The van der Waals surface area contributed by atoms with Gasteiger partial charge in [-0.05, 0) is 18.7 Å². The molecule has 0 atom stereocenters. The van der Waals surface area contributed by atoms with Crippen molar-refractivity contribution in [1.82, 2.24) is 9.13 Å². The van der Waals surface area contributed by atoms with Gasteiger partial charge in [0.1, 0.15) is 5.82 Å². The highest BCUT2D eigenvalue weighted by molar-refractivity contribution is 5.63. The monoisotopic (exact) mass is 314 g/mol. The van der Waals surface area contributed by atoms with Gasteiger partial charge in [-0.3, -0.25) is 18.9 Å². The van der Waals surface area contributed by atoms with Gasteiger partial charge in [0, 0.05) is 20.6 Å². The lowest BCUT2D eigenvalue weighted by Crippen LogP contribution is -2.42. The number of aromatic nitrogens is 2. The van der Waals surface area contributed by atoms with Gasteiger partial charge in [-0.2, -0.15) is 0 Å². The molecular formula is C17H22N4O2. The largest absolute Gasteiger partial charge is 0.362 e. The number of nitrogens with zero attached hydrogens (tertiary/aromatic N) is 4. The van der Waals surface area contributed by atoms with Gasteiger partial charge in [-0.25, -0.2) is 4.79 Å². The first-order valence-electron chi connectivity index (χ1n) is 7.56. The molecule has 0 spiro atoms. The summed E-state index contributed by atoms with van der Waals surface area (Å²) in [6.07, 6.45) is 0.693. The average molecular weight is 314 g/mol. The zero-order valence-corrected chi connectivity index (χ0v) is 13.8. The van der Waals surface area contributed by atoms with E-state index in [-0.39, 0.29) is 16.9 Å². The third-order valence-corrected chi connectivity index (χ3v) is 3.59. The van der Waals surface area contributed by atoms with Crippen molar-refractivity contribution in [3.05, 3.63) is 56.7 Å². The molecule has 122 valence electrons. The number of benzene rings is 1. The molecule has 6 nitrogen and oxygen atoms in total. The van der Waals surface area contributed by atoms with Gasteiger partial charge in [0.05, 0.1) is 6.54 Å². The highest BCUT2D eigenvalue weighted by Gasteiger charge is 2.19. The van der Waals surface area contributed by atoms with Crippen LogP contribution in [0.15, 0.2) is 44.9 Å². The fraction of sp³-hybridized carbons (Fsp3) is 0.353. The summed E-state index contributed by atoms with van der Waals surface area (Å²) < 4.78 is 2.82. The van der Waals surface area contributed by atoms with Crippen LogP contribution in [-0.2, 0) is 13.1 Å². The number of anilines is 1.